The molecule has 0 aliphatic rings. The molecule has 2 atom stereocenters. The Hall–Kier alpha value is -1.30. The fraction of sp³-hybridized carbons (Fsp3) is 0.385. The second-order valence-electron chi connectivity index (χ2n) is 4.39. The molecule has 0 heterocycles. The number of benzene rings is 1. The highest BCUT2D eigenvalue weighted by Crippen LogP contribution is 2.25. The van der Waals surface area contributed by atoms with Crippen molar-refractivity contribution >= 4 is 35.1 Å². The number of halogens is 2. The van der Waals surface area contributed by atoms with Gasteiger partial charge in [-0.25, -0.2) is 4.79 Å². The molecule has 0 aliphatic carbocycles. The molecule has 3 N–H and O–H groups in total. The lowest BCUT2D eigenvalue weighted by molar-refractivity contribution is -0.141. The molecule has 20 heavy (non-hydrogen) atoms. The summed E-state index contributed by atoms with van der Waals surface area (Å²) in [6.45, 7) is 3.21. The van der Waals surface area contributed by atoms with E-state index in [9.17, 15) is 9.59 Å². The molecule has 0 saturated heterocycles. The van der Waals surface area contributed by atoms with Crippen molar-refractivity contribution in [1.82, 2.24) is 10.6 Å². The number of carboxylic acid groups (broad SMARTS) is 1. The van der Waals surface area contributed by atoms with Crippen LogP contribution in [-0.2, 0) is 9.59 Å². The van der Waals surface area contributed by atoms with Crippen molar-refractivity contribution in [3.63, 3.8) is 0 Å². The maximum atomic E-state index is 11.0. The van der Waals surface area contributed by atoms with Gasteiger partial charge in [0.15, 0.2) is 0 Å². The van der Waals surface area contributed by atoms with Crippen LogP contribution in [0.25, 0.3) is 0 Å². The lowest BCUT2D eigenvalue weighted by atomic mass is 10.1. The Labute approximate surface area is 127 Å². The fourth-order valence-corrected chi connectivity index (χ4v) is 2.27. The average molecular weight is 319 g/mol. The van der Waals surface area contributed by atoms with Gasteiger partial charge in [-0.2, -0.15) is 0 Å². The minimum Gasteiger partial charge on any atom is -0.480 e. The summed E-state index contributed by atoms with van der Waals surface area (Å²) in [6.07, 6.45) is 0. The van der Waals surface area contributed by atoms with Gasteiger partial charge in [-0.15, -0.1) is 0 Å². The van der Waals surface area contributed by atoms with Crippen LogP contribution in [0.4, 0.5) is 0 Å². The highest BCUT2D eigenvalue weighted by molar-refractivity contribution is 6.35. The fourth-order valence-electron chi connectivity index (χ4n) is 1.70. The lowest BCUT2D eigenvalue weighted by Crippen LogP contribution is -2.46. The number of carboxylic acids is 1. The van der Waals surface area contributed by atoms with Crippen LogP contribution < -0.4 is 10.6 Å². The van der Waals surface area contributed by atoms with E-state index in [4.69, 9.17) is 28.3 Å². The highest BCUT2D eigenvalue weighted by Gasteiger charge is 2.19. The van der Waals surface area contributed by atoms with Crippen LogP contribution in [0.5, 0.6) is 0 Å². The van der Waals surface area contributed by atoms with Crippen LogP contribution >= 0.6 is 23.2 Å². The number of rotatable bonds is 6. The third kappa shape index (κ3) is 5.00. The van der Waals surface area contributed by atoms with Crippen molar-refractivity contribution in [2.75, 3.05) is 6.54 Å². The normalized spacial score (nSPS) is 13.6. The Balaban J connectivity index is 2.67. The lowest BCUT2D eigenvalue weighted by Gasteiger charge is -2.19. The van der Waals surface area contributed by atoms with E-state index in [0.717, 1.165) is 5.56 Å². The van der Waals surface area contributed by atoms with Crippen LogP contribution in [0.3, 0.4) is 0 Å². The zero-order valence-corrected chi connectivity index (χ0v) is 12.6. The maximum absolute atomic E-state index is 11.0. The molecule has 1 amide bonds. The van der Waals surface area contributed by atoms with Gasteiger partial charge in [0.1, 0.15) is 6.04 Å². The van der Waals surface area contributed by atoms with Crippen LogP contribution in [0.15, 0.2) is 18.2 Å². The molecule has 5 nitrogen and oxygen atoms in total. The van der Waals surface area contributed by atoms with Gasteiger partial charge >= 0.3 is 5.97 Å². The Kier molecular flexibility index (Phi) is 6.26. The summed E-state index contributed by atoms with van der Waals surface area (Å²) in [5.41, 5.74) is 0.808. The number of carbonyl (C=O) groups is 2. The predicted octanol–water partition coefficient (Wildman–Crippen LogP) is 2.23. The zero-order valence-electron chi connectivity index (χ0n) is 11.1. The van der Waals surface area contributed by atoms with Gasteiger partial charge in [-0.05, 0) is 24.6 Å². The van der Waals surface area contributed by atoms with Crippen molar-refractivity contribution in [3.8, 4) is 0 Å². The molecule has 1 rings (SSSR count). The molecule has 2 unspecified atom stereocenters. The summed E-state index contributed by atoms with van der Waals surface area (Å²) in [4.78, 5) is 21.9. The van der Waals surface area contributed by atoms with E-state index in [1.807, 2.05) is 6.92 Å². The van der Waals surface area contributed by atoms with Gasteiger partial charge in [0.2, 0.25) is 5.91 Å². The summed E-state index contributed by atoms with van der Waals surface area (Å²) < 4.78 is 0. The molecule has 0 fully saturated rings. The standard InChI is InChI=1S/C13H16Cl2N2O3/c1-7(10-4-3-9(14)5-11(10)15)16-6-12(13(19)20)17-8(2)18/h3-5,7,12,16H,6H2,1-2H3,(H,17,18)(H,19,20). The molecule has 1 aromatic carbocycles. The van der Waals surface area contributed by atoms with Gasteiger partial charge in [0.25, 0.3) is 0 Å². The van der Waals surface area contributed by atoms with Crippen LogP contribution in [-0.4, -0.2) is 29.6 Å². The largest absolute Gasteiger partial charge is 0.480 e. The highest BCUT2D eigenvalue weighted by atomic mass is 35.5. The van der Waals surface area contributed by atoms with E-state index in [-0.39, 0.29) is 12.6 Å². The van der Waals surface area contributed by atoms with E-state index >= 15 is 0 Å². The molecular weight excluding hydrogens is 303 g/mol. The molecule has 110 valence electrons. The minimum atomic E-state index is -1.10. The summed E-state index contributed by atoms with van der Waals surface area (Å²) in [5.74, 6) is -1.49. The topological polar surface area (TPSA) is 78.4 Å². The first-order chi connectivity index (χ1) is 9.31. The van der Waals surface area contributed by atoms with Gasteiger partial charge < -0.3 is 15.7 Å². The second-order valence-corrected chi connectivity index (χ2v) is 5.23. The summed E-state index contributed by atoms with van der Waals surface area (Å²) in [6, 6.07) is 3.95. The molecule has 7 heteroatoms. The SMILES string of the molecule is CC(=O)NC(CNC(C)c1ccc(Cl)cc1Cl)C(=O)O. The molecule has 0 bridgehead atoms. The van der Waals surface area contributed by atoms with E-state index < -0.39 is 17.9 Å². The molecule has 1 aromatic rings. The average Bonchev–Trinajstić information content (AvgIpc) is 2.33. The number of carbonyl (C=O) groups excluding carboxylic acids is 1. The van der Waals surface area contributed by atoms with E-state index in [0.29, 0.717) is 10.0 Å². The van der Waals surface area contributed by atoms with Gasteiger partial charge in [-0.1, -0.05) is 29.3 Å². The first kappa shape index (κ1) is 16.8. The third-order valence-corrected chi connectivity index (χ3v) is 3.30. The predicted molar refractivity (Wildman–Crippen MR) is 78.1 cm³/mol. The Bertz CT molecular complexity index is 508. The first-order valence-corrected chi connectivity index (χ1v) is 6.75. The summed E-state index contributed by atoms with van der Waals surface area (Å²) in [5, 5.41) is 15.4. The number of hydrogen-bond acceptors (Lipinski definition) is 3. The van der Waals surface area contributed by atoms with Crippen molar-refractivity contribution in [2.45, 2.75) is 25.9 Å². The van der Waals surface area contributed by atoms with E-state index in [2.05, 4.69) is 10.6 Å². The van der Waals surface area contributed by atoms with Crippen LogP contribution in [0, 0.1) is 0 Å². The van der Waals surface area contributed by atoms with Crippen molar-refractivity contribution in [2.24, 2.45) is 0 Å². The zero-order chi connectivity index (χ0) is 15.3. The van der Waals surface area contributed by atoms with Gasteiger partial charge in [0, 0.05) is 29.6 Å². The second kappa shape index (κ2) is 7.47. The molecular formula is C13H16Cl2N2O3. The first-order valence-electron chi connectivity index (χ1n) is 5.99. The van der Waals surface area contributed by atoms with Gasteiger partial charge in [0.05, 0.1) is 0 Å². The van der Waals surface area contributed by atoms with E-state index in [1.54, 1.807) is 18.2 Å². The Morgan fingerprint density at radius 1 is 1.35 bits per heavy atom. The van der Waals surface area contributed by atoms with Crippen molar-refractivity contribution in [1.29, 1.82) is 0 Å². The Morgan fingerprint density at radius 2 is 2.00 bits per heavy atom. The van der Waals surface area contributed by atoms with Crippen LogP contribution in [0.2, 0.25) is 10.0 Å². The smallest absolute Gasteiger partial charge is 0.327 e. The molecule has 0 radical (unpaired) electrons. The van der Waals surface area contributed by atoms with Crippen molar-refractivity contribution in [3.05, 3.63) is 33.8 Å². The maximum Gasteiger partial charge on any atom is 0.327 e. The molecule has 0 aromatic heterocycles. The number of nitrogens with one attached hydrogen (secondary N) is 2. The molecule has 0 saturated carbocycles. The minimum absolute atomic E-state index is 0.0923. The van der Waals surface area contributed by atoms with Crippen molar-refractivity contribution < 1.29 is 14.7 Å². The molecule has 0 aliphatic heterocycles. The summed E-state index contributed by atoms with van der Waals surface area (Å²) >= 11 is 11.9. The quantitative estimate of drug-likeness (QED) is 0.751. The van der Waals surface area contributed by atoms with Gasteiger partial charge in [-0.3, -0.25) is 4.79 Å². The number of amides is 1. The monoisotopic (exact) mass is 318 g/mol. The summed E-state index contributed by atoms with van der Waals surface area (Å²) in [7, 11) is 0. The Morgan fingerprint density at radius 3 is 2.50 bits per heavy atom. The number of aliphatic carboxylic acids is 1. The van der Waals surface area contributed by atoms with Crippen LogP contribution in [0.1, 0.15) is 25.5 Å². The molecule has 0 spiro atoms. The number of hydrogen-bond donors (Lipinski definition) is 3. The third-order valence-electron chi connectivity index (χ3n) is 2.73. The van der Waals surface area contributed by atoms with E-state index in [1.165, 1.54) is 6.92 Å².